The van der Waals surface area contributed by atoms with Crippen LogP contribution in [0.3, 0.4) is 0 Å². The van der Waals surface area contributed by atoms with Crippen LogP contribution in [0.15, 0.2) is 46.7 Å². The molecule has 1 heterocycles. The molecule has 0 aliphatic heterocycles. The molecule has 1 aromatic carbocycles. The van der Waals surface area contributed by atoms with E-state index in [1.165, 1.54) is 12.1 Å². The van der Waals surface area contributed by atoms with Crippen molar-refractivity contribution >= 4 is 56.0 Å². The molecule has 0 radical (unpaired) electrons. The summed E-state index contributed by atoms with van der Waals surface area (Å²) in [7, 11) is -3.68. The molecule has 0 spiro atoms. The van der Waals surface area contributed by atoms with Gasteiger partial charge in [0.05, 0.1) is 4.34 Å². The van der Waals surface area contributed by atoms with Crippen molar-refractivity contribution < 1.29 is 8.42 Å². The van der Waals surface area contributed by atoms with Crippen molar-refractivity contribution in [3.8, 4) is 0 Å². The molecule has 100 valence electrons. The number of thiophene rings is 1. The second-order valence-electron chi connectivity index (χ2n) is 3.48. The summed E-state index contributed by atoms with van der Waals surface area (Å²) in [4.78, 5) is 0. The minimum atomic E-state index is -3.68. The zero-order valence-corrected chi connectivity index (χ0v) is 12.7. The Kier molecular flexibility index (Phi) is 4.41. The number of hydrogen-bond acceptors (Lipinski definition) is 4. The molecule has 2 rings (SSSR count). The van der Waals surface area contributed by atoms with Crippen molar-refractivity contribution in [1.29, 1.82) is 0 Å². The Balaban J connectivity index is 2.07. The van der Waals surface area contributed by atoms with Crippen molar-refractivity contribution in [2.45, 2.75) is 4.21 Å². The van der Waals surface area contributed by atoms with E-state index in [9.17, 15) is 8.42 Å². The number of thiocarbonyl (C=S) groups is 1. The number of para-hydroxylation sites is 1. The maximum atomic E-state index is 12.0. The third-order valence-corrected chi connectivity index (χ3v) is 5.48. The van der Waals surface area contributed by atoms with Crippen molar-refractivity contribution in [3.05, 3.63) is 46.8 Å². The maximum Gasteiger partial charge on any atom is 0.273 e. The Morgan fingerprint density at radius 3 is 2.42 bits per heavy atom. The predicted octanol–water partition coefficient (Wildman–Crippen LogP) is 3.08. The summed E-state index contributed by atoms with van der Waals surface area (Å²) in [5, 5.41) is 2.80. The van der Waals surface area contributed by atoms with Gasteiger partial charge in [-0.1, -0.05) is 29.8 Å². The fraction of sp³-hybridized carbons (Fsp3) is 0. The van der Waals surface area contributed by atoms with Gasteiger partial charge in [-0.25, -0.2) is 8.42 Å². The van der Waals surface area contributed by atoms with Crippen LogP contribution < -0.4 is 10.0 Å². The standard InChI is InChI=1S/C11H9ClN2O2S3/c12-9-6-7-10(18-9)19(15,16)14-11(17)13-8-4-2-1-3-5-8/h1-7H,(H2,13,14,17). The zero-order chi connectivity index (χ0) is 13.9. The highest BCUT2D eigenvalue weighted by molar-refractivity contribution is 7.93. The molecule has 1 aromatic heterocycles. The van der Waals surface area contributed by atoms with Gasteiger partial charge in [0, 0.05) is 5.69 Å². The molecule has 0 saturated carbocycles. The van der Waals surface area contributed by atoms with E-state index in [-0.39, 0.29) is 9.32 Å². The van der Waals surface area contributed by atoms with Gasteiger partial charge in [0.2, 0.25) is 0 Å². The monoisotopic (exact) mass is 332 g/mol. The number of nitrogens with one attached hydrogen (secondary N) is 2. The average Bonchev–Trinajstić information content (AvgIpc) is 2.77. The van der Waals surface area contributed by atoms with E-state index in [2.05, 4.69) is 10.0 Å². The number of rotatable bonds is 3. The molecule has 4 nitrogen and oxygen atoms in total. The van der Waals surface area contributed by atoms with Crippen LogP contribution in [0.4, 0.5) is 5.69 Å². The maximum absolute atomic E-state index is 12.0. The van der Waals surface area contributed by atoms with E-state index in [0.717, 1.165) is 11.3 Å². The molecule has 2 N–H and O–H groups in total. The number of benzene rings is 1. The fourth-order valence-corrected chi connectivity index (χ4v) is 4.13. The van der Waals surface area contributed by atoms with E-state index >= 15 is 0 Å². The quantitative estimate of drug-likeness (QED) is 0.848. The summed E-state index contributed by atoms with van der Waals surface area (Å²) in [5.74, 6) is 0. The van der Waals surface area contributed by atoms with E-state index in [4.69, 9.17) is 23.8 Å². The Morgan fingerprint density at radius 1 is 1.16 bits per heavy atom. The number of sulfonamides is 1. The lowest BCUT2D eigenvalue weighted by atomic mass is 10.3. The van der Waals surface area contributed by atoms with Crippen LogP contribution in [0.5, 0.6) is 0 Å². The average molecular weight is 333 g/mol. The Hall–Kier alpha value is -1.15. The molecule has 0 amide bonds. The molecule has 0 fully saturated rings. The summed E-state index contributed by atoms with van der Waals surface area (Å²) < 4.78 is 26.7. The van der Waals surface area contributed by atoms with Gasteiger partial charge < -0.3 is 5.32 Å². The number of hydrogen-bond donors (Lipinski definition) is 2. The molecule has 19 heavy (non-hydrogen) atoms. The molecule has 0 unspecified atom stereocenters. The normalized spacial score (nSPS) is 11.0. The predicted molar refractivity (Wildman–Crippen MR) is 82.3 cm³/mol. The van der Waals surface area contributed by atoms with Crippen LogP contribution in [0.2, 0.25) is 4.34 Å². The lowest BCUT2D eigenvalue weighted by molar-refractivity contribution is 0.595. The summed E-state index contributed by atoms with van der Waals surface area (Å²) >= 11 is 11.6. The van der Waals surface area contributed by atoms with Gasteiger partial charge in [-0.2, -0.15) is 0 Å². The number of anilines is 1. The SMILES string of the molecule is O=S(=O)(NC(=S)Nc1ccccc1)c1ccc(Cl)s1. The lowest BCUT2D eigenvalue weighted by Crippen LogP contribution is -2.33. The van der Waals surface area contributed by atoms with Crippen LogP contribution in [-0.2, 0) is 10.0 Å². The number of halogens is 1. The highest BCUT2D eigenvalue weighted by atomic mass is 35.5. The van der Waals surface area contributed by atoms with Gasteiger partial charge in [-0.3, -0.25) is 4.72 Å². The molecule has 8 heteroatoms. The van der Waals surface area contributed by atoms with E-state index in [1.807, 2.05) is 18.2 Å². The van der Waals surface area contributed by atoms with Gasteiger partial charge in [0.15, 0.2) is 5.11 Å². The molecule has 0 aliphatic carbocycles. The minimum absolute atomic E-state index is 0.00993. The van der Waals surface area contributed by atoms with Crippen molar-refractivity contribution in [2.75, 3.05) is 5.32 Å². The first-order valence-corrected chi connectivity index (χ1v) is 8.20. The fourth-order valence-electron chi connectivity index (χ4n) is 1.29. The minimum Gasteiger partial charge on any atom is -0.332 e. The summed E-state index contributed by atoms with van der Waals surface area (Å²) in [6.45, 7) is 0. The molecule has 0 bridgehead atoms. The molecular weight excluding hydrogens is 324 g/mol. The van der Waals surface area contributed by atoms with E-state index < -0.39 is 10.0 Å². The highest BCUT2D eigenvalue weighted by Gasteiger charge is 2.17. The lowest BCUT2D eigenvalue weighted by Gasteiger charge is -2.09. The molecule has 0 atom stereocenters. The van der Waals surface area contributed by atoms with Crippen molar-refractivity contribution in [3.63, 3.8) is 0 Å². The van der Waals surface area contributed by atoms with Gasteiger partial charge in [0.25, 0.3) is 10.0 Å². The summed E-state index contributed by atoms with van der Waals surface area (Å²) in [6, 6.07) is 12.0. The Morgan fingerprint density at radius 2 is 1.84 bits per heavy atom. The second kappa shape index (κ2) is 5.87. The van der Waals surface area contributed by atoms with Gasteiger partial charge >= 0.3 is 0 Å². The van der Waals surface area contributed by atoms with Crippen LogP contribution in [-0.4, -0.2) is 13.5 Å². The van der Waals surface area contributed by atoms with Gasteiger partial charge in [-0.05, 0) is 36.5 Å². The molecule has 0 saturated heterocycles. The van der Waals surface area contributed by atoms with Crippen LogP contribution in [0.25, 0.3) is 0 Å². The first-order chi connectivity index (χ1) is 8.97. The Labute approximate surface area is 125 Å². The van der Waals surface area contributed by atoms with Crippen molar-refractivity contribution in [2.24, 2.45) is 0 Å². The smallest absolute Gasteiger partial charge is 0.273 e. The van der Waals surface area contributed by atoms with Gasteiger partial charge in [-0.15, -0.1) is 11.3 Å². The third-order valence-electron chi connectivity index (χ3n) is 2.07. The second-order valence-corrected chi connectivity index (χ2v) is 7.52. The third kappa shape index (κ3) is 3.90. The molecule has 2 aromatic rings. The highest BCUT2D eigenvalue weighted by Crippen LogP contribution is 2.25. The van der Waals surface area contributed by atoms with Gasteiger partial charge in [0.1, 0.15) is 4.21 Å². The first kappa shape index (κ1) is 14.3. The van der Waals surface area contributed by atoms with Crippen LogP contribution in [0, 0.1) is 0 Å². The van der Waals surface area contributed by atoms with Crippen LogP contribution >= 0.6 is 35.2 Å². The van der Waals surface area contributed by atoms with Crippen molar-refractivity contribution in [1.82, 2.24) is 4.72 Å². The van der Waals surface area contributed by atoms with E-state index in [1.54, 1.807) is 12.1 Å². The molecular formula is C11H9ClN2O2S3. The summed E-state index contributed by atoms with van der Waals surface area (Å²) in [5.41, 5.74) is 0.708. The molecule has 0 aliphatic rings. The Bertz CT molecular complexity index is 683. The van der Waals surface area contributed by atoms with E-state index in [0.29, 0.717) is 10.0 Å². The first-order valence-electron chi connectivity index (χ1n) is 5.11. The zero-order valence-electron chi connectivity index (χ0n) is 9.46. The summed E-state index contributed by atoms with van der Waals surface area (Å²) in [6.07, 6.45) is 0. The topological polar surface area (TPSA) is 58.2 Å². The van der Waals surface area contributed by atoms with Crippen LogP contribution in [0.1, 0.15) is 0 Å². The largest absolute Gasteiger partial charge is 0.332 e.